The number of H-pyrrole nitrogens is 1. The van der Waals surface area contributed by atoms with Crippen molar-refractivity contribution in [1.29, 1.82) is 0 Å². The van der Waals surface area contributed by atoms with Crippen LogP contribution in [0.2, 0.25) is 0 Å². The molecule has 0 saturated carbocycles. The van der Waals surface area contributed by atoms with E-state index < -0.39 is 0 Å². The summed E-state index contributed by atoms with van der Waals surface area (Å²) in [4.78, 5) is 19.9. The first-order chi connectivity index (χ1) is 9.79. The number of amides is 1. The topological polar surface area (TPSA) is 110 Å². The fourth-order valence-corrected chi connectivity index (χ4v) is 1.53. The molecule has 2 heterocycles. The fourth-order valence-electron chi connectivity index (χ4n) is 1.53. The zero-order valence-electron chi connectivity index (χ0n) is 10.8. The van der Waals surface area contributed by atoms with Crippen LogP contribution in [0.1, 0.15) is 21.7 Å². The van der Waals surface area contributed by atoms with E-state index >= 15 is 0 Å². The number of nitrogens with zero attached hydrogens (tertiary/aromatic N) is 3. The highest BCUT2D eigenvalue weighted by Gasteiger charge is 2.06. The van der Waals surface area contributed by atoms with Crippen molar-refractivity contribution >= 4 is 5.91 Å². The zero-order valence-corrected chi connectivity index (χ0v) is 10.8. The molecule has 0 aliphatic carbocycles. The Morgan fingerprint density at radius 1 is 1.45 bits per heavy atom. The van der Waals surface area contributed by atoms with Crippen LogP contribution >= 0.6 is 0 Å². The predicted octanol–water partition coefficient (Wildman–Crippen LogP) is -0.518. The number of rotatable bonds is 4. The number of pyridine rings is 1. The molecular weight excluding hydrogens is 256 g/mol. The maximum atomic E-state index is 11.9. The lowest BCUT2D eigenvalue weighted by molar-refractivity contribution is 0.0953. The van der Waals surface area contributed by atoms with Crippen molar-refractivity contribution in [2.45, 2.75) is 6.42 Å². The summed E-state index contributed by atoms with van der Waals surface area (Å²) in [5.74, 6) is 6.08. The van der Waals surface area contributed by atoms with E-state index in [-0.39, 0.29) is 12.5 Å². The second kappa shape index (κ2) is 7.01. The summed E-state index contributed by atoms with van der Waals surface area (Å²) in [5.41, 5.74) is 6.43. The van der Waals surface area contributed by atoms with Gasteiger partial charge in [-0.25, -0.2) is 4.98 Å². The summed E-state index contributed by atoms with van der Waals surface area (Å²) < 4.78 is 0. The van der Waals surface area contributed by atoms with Gasteiger partial charge in [-0.15, -0.1) is 0 Å². The van der Waals surface area contributed by atoms with Crippen LogP contribution in [0.5, 0.6) is 0 Å². The zero-order chi connectivity index (χ0) is 14.2. The summed E-state index contributed by atoms with van der Waals surface area (Å²) in [6, 6.07) is 1.68. The lowest BCUT2D eigenvalue weighted by Crippen LogP contribution is -2.26. The molecule has 1 amide bonds. The molecule has 0 saturated heterocycles. The molecule has 0 unspecified atom stereocenters. The van der Waals surface area contributed by atoms with E-state index in [9.17, 15) is 4.79 Å². The van der Waals surface area contributed by atoms with Crippen LogP contribution in [0.15, 0.2) is 24.8 Å². The molecule has 0 spiro atoms. The Morgan fingerprint density at radius 2 is 2.35 bits per heavy atom. The highest BCUT2D eigenvalue weighted by molar-refractivity contribution is 5.94. The average molecular weight is 270 g/mol. The van der Waals surface area contributed by atoms with Gasteiger partial charge in [0.2, 0.25) is 0 Å². The van der Waals surface area contributed by atoms with Gasteiger partial charge in [0.25, 0.3) is 5.91 Å². The molecule has 0 aliphatic heterocycles. The number of aromatic nitrogens is 4. The quantitative estimate of drug-likeness (QED) is 0.648. The monoisotopic (exact) mass is 270 g/mol. The van der Waals surface area contributed by atoms with E-state index in [1.54, 1.807) is 12.3 Å². The second-order valence-electron chi connectivity index (χ2n) is 3.91. The summed E-state index contributed by atoms with van der Waals surface area (Å²) in [6.45, 7) is 0.736. The van der Waals surface area contributed by atoms with Gasteiger partial charge in [-0.2, -0.15) is 5.10 Å². The third-order valence-electron chi connectivity index (χ3n) is 2.45. The summed E-state index contributed by atoms with van der Waals surface area (Å²) >= 11 is 0. The number of aromatic amines is 1. The number of carbonyl (C=O) groups excluding carboxylic acids is 1. The van der Waals surface area contributed by atoms with Crippen LogP contribution in [0.25, 0.3) is 0 Å². The average Bonchev–Trinajstić information content (AvgIpc) is 2.98. The van der Waals surface area contributed by atoms with Crippen LogP contribution in [0.4, 0.5) is 0 Å². The molecular formula is C13H14N6O. The second-order valence-corrected chi connectivity index (χ2v) is 3.91. The fraction of sp³-hybridized carbons (Fsp3) is 0.231. The van der Waals surface area contributed by atoms with E-state index in [1.807, 2.05) is 0 Å². The van der Waals surface area contributed by atoms with Crippen molar-refractivity contribution in [3.8, 4) is 11.8 Å². The maximum absolute atomic E-state index is 11.9. The molecule has 102 valence electrons. The predicted molar refractivity (Wildman–Crippen MR) is 72.6 cm³/mol. The van der Waals surface area contributed by atoms with Crippen molar-refractivity contribution in [3.63, 3.8) is 0 Å². The van der Waals surface area contributed by atoms with Gasteiger partial charge in [-0.05, 0) is 6.07 Å². The maximum Gasteiger partial charge on any atom is 0.252 e. The van der Waals surface area contributed by atoms with E-state index in [1.165, 1.54) is 12.5 Å². The Labute approximate surface area is 116 Å². The molecule has 7 nitrogen and oxygen atoms in total. The molecule has 0 atom stereocenters. The molecule has 0 fully saturated rings. The molecule has 0 radical (unpaired) electrons. The Kier molecular flexibility index (Phi) is 4.81. The number of nitrogens with one attached hydrogen (secondary N) is 2. The normalized spacial score (nSPS) is 9.65. The number of nitrogens with two attached hydrogens (primary N) is 1. The summed E-state index contributed by atoms with van der Waals surface area (Å²) in [7, 11) is 0. The van der Waals surface area contributed by atoms with Crippen molar-refractivity contribution in [2.75, 3.05) is 13.1 Å². The lowest BCUT2D eigenvalue weighted by Gasteiger charge is -2.03. The van der Waals surface area contributed by atoms with Crippen LogP contribution in [0, 0.1) is 11.8 Å². The Morgan fingerprint density at radius 3 is 3.10 bits per heavy atom. The van der Waals surface area contributed by atoms with E-state index in [2.05, 4.69) is 37.3 Å². The van der Waals surface area contributed by atoms with Gasteiger partial charge in [-0.3, -0.25) is 14.9 Å². The van der Waals surface area contributed by atoms with Crippen LogP contribution in [-0.4, -0.2) is 39.2 Å². The van der Waals surface area contributed by atoms with Crippen LogP contribution in [0.3, 0.4) is 0 Å². The number of carbonyl (C=O) groups is 1. The van der Waals surface area contributed by atoms with Gasteiger partial charge in [0.15, 0.2) is 0 Å². The molecule has 0 bridgehead atoms. The summed E-state index contributed by atoms with van der Waals surface area (Å²) in [6.07, 6.45) is 5.11. The Bertz CT molecular complexity index is 626. The van der Waals surface area contributed by atoms with Crippen molar-refractivity contribution in [3.05, 3.63) is 41.7 Å². The van der Waals surface area contributed by atoms with Gasteiger partial charge in [-0.1, -0.05) is 11.8 Å². The van der Waals surface area contributed by atoms with Crippen molar-refractivity contribution in [1.82, 2.24) is 25.5 Å². The van der Waals surface area contributed by atoms with Gasteiger partial charge in [0, 0.05) is 30.9 Å². The van der Waals surface area contributed by atoms with Crippen molar-refractivity contribution in [2.24, 2.45) is 5.73 Å². The third kappa shape index (κ3) is 3.90. The molecule has 0 aliphatic rings. The first kappa shape index (κ1) is 13.7. The Balaban J connectivity index is 1.91. The minimum atomic E-state index is -0.201. The molecule has 4 N–H and O–H groups in total. The number of hydrogen-bond acceptors (Lipinski definition) is 5. The molecule has 2 rings (SSSR count). The summed E-state index contributed by atoms with van der Waals surface area (Å²) in [5, 5.41) is 9.24. The first-order valence-corrected chi connectivity index (χ1v) is 6.06. The number of hydrogen-bond donors (Lipinski definition) is 3. The van der Waals surface area contributed by atoms with Gasteiger partial charge < -0.3 is 11.1 Å². The van der Waals surface area contributed by atoms with Gasteiger partial charge in [0.1, 0.15) is 12.2 Å². The standard InChI is InChI=1S/C13H14N6O/c14-4-1-2-10-6-11(8-15-7-10)13(20)16-5-3-12-17-9-18-19-12/h6-9H,3-5,14H2,(H,16,20)(H,17,18,19). The van der Waals surface area contributed by atoms with E-state index in [0.29, 0.717) is 24.1 Å². The highest BCUT2D eigenvalue weighted by atomic mass is 16.1. The highest BCUT2D eigenvalue weighted by Crippen LogP contribution is 2.01. The Hall–Kier alpha value is -2.72. The van der Waals surface area contributed by atoms with E-state index in [4.69, 9.17) is 5.73 Å². The minimum absolute atomic E-state index is 0.201. The van der Waals surface area contributed by atoms with Crippen LogP contribution in [-0.2, 0) is 6.42 Å². The van der Waals surface area contributed by atoms with Crippen LogP contribution < -0.4 is 11.1 Å². The van der Waals surface area contributed by atoms with Gasteiger partial charge in [0.05, 0.1) is 12.1 Å². The van der Waals surface area contributed by atoms with Crippen molar-refractivity contribution < 1.29 is 4.79 Å². The molecule has 2 aromatic heterocycles. The molecule has 7 heteroatoms. The molecule has 2 aromatic rings. The third-order valence-corrected chi connectivity index (χ3v) is 2.45. The van der Waals surface area contributed by atoms with Gasteiger partial charge >= 0.3 is 0 Å². The minimum Gasteiger partial charge on any atom is -0.352 e. The molecule has 0 aromatic carbocycles. The smallest absolute Gasteiger partial charge is 0.252 e. The molecule has 20 heavy (non-hydrogen) atoms. The SMILES string of the molecule is NCC#Cc1cncc(C(=O)NCCc2ncn[nH]2)c1. The first-order valence-electron chi connectivity index (χ1n) is 6.06. The lowest BCUT2D eigenvalue weighted by atomic mass is 10.2. The van der Waals surface area contributed by atoms with E-state index in [0.717, 1.165) is 5.82 Å². The largest absolute Gasteiger partial charge is 0.352 e.